The summed E-state index contributed by atoms with van der Waals surface area (Å²) in [5.41, 5.74) is 8.93. The second-order valence-corrected chi connectivity index (χ2v) is 5.38. The molecule has 6 nitrogen and oxygen atoms in total. The van der Waals surface area contributed by atoms with E-state index in [1.807, 2.05) is 13.0 Å². The summed E-state index contributed by atoms with van der Waals surface area (Å²) in [5, 5.41) is 0. The Balaban J connectivity index is 2.22. The first-order valence-electron chi connectivity index (χ1n) is 7.16. The number of nitrogens with two attached hydrogens (primary N) is 1. The molecule has 0 bridgehead atoms. The molecule has 1 aliphatic heterocycles. The number of morpholine rings is 1. The van der Waals surface area contributed by atoms with Crippen LogP contribution in [0.5, 0.6) is 0 Å². The summed E-state index contributed by atoms with van der Waals surface area (Å²) in [6.07, 6.45) is 1.89. The summed E-state index contributed by atoms with van der Waals surface area (Å²) in [5.74, 6) is -0.315. The fourth-order valence-electron chi connectivity index (χ4n) is 2.50. The van der Waals surface area contributed by atoms with Gasteiger partial charge in [0.05, 0.1) is 38.1 Å². The normalized spacial score (nSPS) is 20.2. The van der Waals surface area contributed by atoms with Crippen molar-refractivity contribution in [3.05, 3.63) is 23.5 Å². The van der Waals surface area contributed by atoms with E-state index in [0.29, 0.717) is 19.3 Å². The second-order valence-electron chi connectivity index (χ2n) is 5.38. The van der Waals surface area contributed by atoms with Crippen LogP contribution < -0.4 is 10.6 Å². The van der Waals surface area contributed by atoms with Gasteiger partial charge in [0.2, 0.25) is 0 Å². The Morgan fingerprint density at radius 2 is 2.43 bits per heavy atom. The van der Waals surface area contributed by atoms with Crippen LogP contribution >= 0.6 is 0 Å². The molecule has 2 rings (SSSR count). The lowest BCUT2D eigenvalue weighted by Crippen LogP contribution is -2.44. The van der Waals surface area contributed by atoms with Crippen LogP contribution in [0.4, 0.5) is 5.69 Å². The minimum absolute atomic E-state index is 0.152. The molecule has 21 heavy (non-hydrogen) atoms. The second kappa shape index (κ2) is 6.87. The lowest BCUT2D eigenvalue weighted by Gasteiger charge is -2.36. The van der Waals surface area contributed by atoms with E-state index in [4.69, 9.17) is 10.5 Å². The molecule has 116 valence electrons. The molecule has 2 N–H and O–H groups in total. The molecule has 1 fully saturated rings. The molecule has 0 saturated carbocycles. The third-order valence-corrected chi connectivity index (χ3v) is 3.80. The van der Waals surface area contributed by atoms with Crippen molar-refractivity contribution < 1.29 is 14.3 Å². The van der Waals surface area contributed by atoms with Crippen LogP contribution in [-0.2, 0) is 14.3 Å². The predicted molar refractivity (Wildman–Crippen MR) is 80.2 cm³/mol. The average Bonchev–Trinajstić information content (AvgIpc) is 2.48. The van der Waals surface area contributed by atoms with Crippen molar-refractivity contribution in [1.29, 1.82) is 0 Å². The number of esters is 1. The Morgan fingerprint density at radius 1 is 1.67 bits per heavy atom. The predicted octanol–water partition coefficient (Wildman–Crippen LogP) is 1.18. The van der Waals surface area contributed by atoms with Crippen molar-refractivity contribution in [2.75, 3.05) is 31.8 Å². The lowest BCUT2D eigenvalue weighted by atomic mass is 10.0. The van der Waals surface area contributed by atoms with E-state index >= 15 is 0 Å². The summed E-state index contributed by atoms with van der Waals surface area (Å²) in [6, 6.07) is 1.92. The first-order chi connectivity index (χ1) is 10.0. The number of anilines is 1. The number of rotatable bonds is 4. The zero-order chi connectivity index (χ0) is 15.4. The highest BCUT2D eigenvalue weighted by Gasteiger charge is 2.22. The number of aryl methyl sites for hydroxylation is 1. The van der Waals surface area contributed by atoms with E-state index in [9.17, 15) is 4.79 Å². The fraction of sp³-hybridized carbons (Fsp3) is 0.600. The van der Waals surface area contributed by atoms with Gasteiger partial charge in [-0.15, -0.1) is 0 Å². The van der Waals surface area contributed by atoms with Crippen molar-refractivity contribution in [2.24, 2.45) is 5.73 Å². The van der Waals surface area contributed by atoms with Gasteiger partial charge >= 0.3 is 5.97 Å². The Morgan fingerprint density at radius 3 is 3.10 bits per heavy atom. The Labute approximate surface area is 125 Å². The maximum atomic E-state index is 11.4. The minimum Gasteiger partial charge on any atom is -0.469 e. The van der Waals surface area contributed by atoms with Crippen LogP contribution in [0.1, 0.15) is 30.6 Å². The molecule has 1 aromatic heterocycles. The molecule has 2 atom stereocenters. The van der Waals surface area contributed by atoms with Crippen molar-refractivity contribution in [3.8, 4) is 0 Å². The summed E-state index contributed by atoms with van der Waals surface area (Å²) >= 11 is 0. The van der Waals surface area contributed by atoms with Gasteiger partial charge in [-0.3, -0.25) is 9.78 Å². The van der Waals surface area contributed by atoms with E-state index < -0.39 is 6.04 Å². The largest absolute Gasteiger partial charge is 0.469 e. The third-order valence-electron chi connectivity index (χ3n) is 3.80. The van der Waals surface area contributed by atoms with Gasteiger partial charge in [-0.25, -0.2) is 0 Å². The van der Waals surface area contributed by atoms with Crippen LogP contribution in [-0.4, -0.2) is 43.9 Å². The Kier molecular flexibility index (Phi) is 5.14. The summed E-state index contributed by atoms with van der Waals surface area (Å²) < 4.78 is 10.1. The number of carbonyl (C=O) groups is 1. The number of ether oxygens (including phenoxy) is 2. The van der Waals surface area contributed by atoms with Gasteiger partial charge in [0.1, 0.15) is 0 Å². The highest BCUT2D eigenvalue weighted by Crippen LogP contribution is 2.26. The molecular formula is C15H23N3O3. The van der Waals surface area contributed by atoms with E-state index in [2.05, 4.69) is 21.5 Å². The van der Waals surface area contributed by atoms with Crippen LogP contribution in [0.25, 0.3) is 0 Å². The molecule has 1 saturated heterocycles. The van der Waals surface area contributed by atoms with Crippen LogP contribution in [0.2, 0.25) is 0 Å². The van der Waals surface area contributed by atoms with Gasteiger partial charge in [-0.1, -0.05) is 0 Å². The van der Waals surface area contributed by atoms with Gasteiger partial charge in [0, 0.05) is 24.8 Å². The van der Waals surface area contributed by atoms with E-state index in [0.717, 1.165) is 23.5 Å². The number of nitrogens with zero attached hydrogens (tertiary/aromatic N) is 2. The van der Waals surface area contributed by atoms with Crippen molar-refractivity contribution >= 4 is 11.7 Å². The highest BCUT2D eigenvalue weighted by atomic mass is 16.5. The van der Waals surface area contributed by atoms with E-state index in [1.54, 1.807) is 6.20 Å². The van der Waals surface area contributed by atoms with Gasteiger partial charge in [-0.05, 0) is 25.5 Å². The molecule has 0 aliphatic carbocycles. The number of pyridine rings is 1. The third kappa shape index (κ3) is 3.71. The Hall–Kier alpha value is -1.66. The Bertz CT molecular complexity index is 507. The number of hydrogen-bond acceptors (Lipinski definition) is 6. The first-order valence-corrected chi connectivity index (χ1v) is 7.16. The fourth-order valence-corrected chi connectivity index (χ4v) is 2.50. The molecule has 6 heteroatoms. The number of methoxy groups -OCH3 is 1. The topological polar surface area (TPSA) is 77.7 Å². The zero-order valence-electron chi connectivity index (χ0n) is 12.8. The molecule has 1 aliphatic rings. The zero-order valence-corrected chi connectivity index (χ0v) is 12.8. The van der Waals surface area contributed by atoms with Crippen LogP contribution in [0.15, 0.2) is 12.3 Å². The minimum atomic E-state index is -0.402. The smallest absolute Gasteiger partial charge is 0.307 e. The monoisotopic (exact) mass is 293 g/mol. The molecule has 0 spiro atoms. The molecule has 0 amide bonds. The van der Waals surface area contributed by atoms with E-state index in [-0.39, 0.29) is 12.4 Å². The molecule has 0 radical (unpaired) electrons. The van der Waals surface area contributed by atoms with Gasteiger partial charge in [0.15, 0.2) is 0 Å². The maximum absolute atomic E-state index is 11.4. The number of aromatic nitrogens is 1. The number of hydrogen-bond donors (Lipinski definition) is 1. The van der Waals surface area contributed by atoms with Crippen LogP contribution in [0, 0.1) is 6.92 Å². The quantitative estimate of drug-likeness (QED) is 0.840. The molecule has 2 heterocycles. The van der Waals surface area contributed by atoms with Gasteiger partial charge < -0.3 is 20.1 Å². The van der Waals surface area contributed by atoms with Crippen LogP contribution in [0.3, 0.4) is 0 Å². The SMILES string of the molecule is COC(=O)CC(N)c1cnc(C)c(N2CCOCC2C)c1. The van der Waals surface area contributed by atoms with Gasteiger partial charge in [0.25, 0.3) is 0 Å². The van der Waals surface area contributed by atoms with Crippen molar-refractivity contribution in [2.45, 2.75) is 32.4 Å². The molecular weight excluding hydrogens is 270 g/mol. The molecule has 1 aromatic rings. The highest BCUT2D eigenvalue weighted by molar-refractivity contribution is 5.70. The average molecular weight is 293 g/mol. The first kappa shape index (κ1) is 15.7. The number of carbonyl (C=O) groups excluding carboxylic acids is 1. The van der Waals surface area contributed by atoms with E-state index in [1.165, 1.54) is 7.11 Å². The van der Waals surface area contributed by atoms with Crippen molar-refractivity contribution in [3.63, 3.8) is 0 Å². The summed E-state index contributed by atoms with van der Waals surface area (Å²) in [6.45, 7) is 6.35. The van der Waals surface area contributed by atoms with Crippen molar-refractivity contribution in [1.82, 2.24) is 4.98 Å². The lowest BCUT2D eigenvalue weighted by molar-refractivity contribution is -0.141. The standard InChI is InChI=1S/C15H23N3O3/c1-10-9-21-5-4-18(10)14-6-12(8-17-11(14)2)13(16)7-15(19)20-3/h6,8,10,13H,4-5,7,9,16H2,1-3H3. The molecule has 2 unspecified atom stereocenters. The summed E-state index contributed by atoms with van der Waals surface area (Å²) in [7, 11) is 1.36. The van der Waals surface area contributed by atoms with Gasteiger partial charge in [-0.2, -0.15) is 0 Å². The summed E-state index contributed by atoms with van der Waals surface area (Å²) in [4.78, 5) is 18.1. The molecule has 0 aromatic carbocycles. The maximum Gasteiger partial charge on any atom is 0.307 e.